The summed E-state index contributed by atoms with van der Waals surface area (Å²) in [5.41, 5.74) is 1.90. The molecule has 0 aromatic heterocycles. The lowest BCUT2D eigenvalue weighted by molar-refractivity contribution is -0.130. The highest BCUT2D eigenvalue weighted by molar-refractivity contribution is 7.82. The van der Waals surface area contributed by atoms with Gasteiger partial charge in [-0.2, -0.15) is 0 Å². The molecule has 9 heteroatoms. The Labute approximate surface area is 250 Å². The lowest BCUT2D eigenvalue weighted by Crippen LogP contribution is -2.54. The summed E-state index contributed by atoms with van der Waals surface area (Å²) < 4.78 is 20.4. The number of amides is 1. The van der Waals surface area contributed by atoms with E-state index in [-0.39, 0.29) is 5.91 Å². The molecule has 41 heavy (non-hydrogen) atoms. The van der Waals surface area contributed by atoms with Gasteiger partial charge in [0, 0.05) is 77.9 Å². The lowest BCUT2D eigenvalue weighted by atomic mass is 9.84. The molecule has 2 unspecified atom stereocenters. The topological polar surface area (TPSA) is 59.6 Å². The molecule has 1 aromatic carbocycles. The number of hydrogen-bond acceptors (Lipinski definition) is 6. The first-order chi connectivity index (χ1) is 19.8. The van der Waals surface area contributed by atoms with Gasteiger partial charge in [-0.3, -0.25) is 14.6 Å². The minimum atomic E-state index is -1.31. The molecule has 8 nitrogen and oxygen atoms in total. The van der Waals surface area contributed by atoms with Crippen molar-refractivity contribution in [2.24, 2.45) is 5.92 Å². The zero-order chi connectivity index (χ0) is 28.9. The predicted octanol–water partition coefficient (Wildman–Crippen LogP) is 3.53. The van der Waals surface area contributed by atoms with Crippen molar-refractivity contribution < 1.29 is 13.7 Å². The summed E-state index contributed by atoms with van der Waals surface area (Å²) in [6.07, 6.45) is 9.83. The van der Waals surface area contributed by atoms with Gasteiger partial charge in [0.05, 0.1) is 12.0 Å². The number of ether oxygens (including phenoxy) is 1. The average Bonchev–Trinajstić information content (AvgIpc) is 3.69. The summed E-state index contributed by atoms with van der Waals surface area (Å²) in [4.78, 5) is 24.1. The van der Waals surface area contributed by atoms with Crippen LogP contribution in [0.15, 0.2) is 17.0 Å². The van der Waals surface area contributed by atoms with Crippen LogP contribution in [0.4, 0.5) is 0 Å². The highest BCUT2D eigenvalue weighted by atomic mass is 32.2. The van der Waals surface area contributed by atoms with Crippen molar-refractivity contribution in [3.63, 3.8) is 0 Å². The Morgan fingerprint density at radius 2 is 1.51 bits per heavy atom. The van der Waals surface area contributed by atoms with Crippen molar-refractivity contribution in [2.75, 3.05) is 79.6 Å². The fraction of sp³-hybridized carbons (Fsp3) is 0.781. The number of carbonyl (C=O) groups is 1. The van der Waals surface area contributed by atoms with Crippen LogP contribution in [0.2, 0.25) is 0 Å². The molecular weight excluding hydrogens is 534 g/mol. The van der Waals surface area contributed by atoms with Crippen LogP contribution in [0.25, 0.3) is 0 Å². The predicted molar refractivity (Wildman–Crippen MR) is 166 cm³/mol. The van der Waals surface area contributed by atoms with Crippen molar-refractivity contribution in [2.45, 2.75) is 82.2 Å². The zero-order valence-corrected chi connectivity index (χ0v) is 26.8. The molecule has 4 fully saturated rings. The third kappa shape index (κ3) is 7.71. The largest absolute Gasteiger partial charge is 0.497 e. The lowest BCUT2D eigenvalue weighted by Gasteiger charge is -2.43. The highest BCUT2D eigenvalue weighted by Crippen LogP contribution is 2.30. The van der Waals surface area contributed by atoms with Crippen LogP contribution in [0.3, 0.4) is 0 Å². The van der Waals surface area contributed by atoms with Gasteiger partial charge in [-0.1, -0.05) is 0 Å². The normalized spacial score (nSPS) is 27.5. The number of likely N-dealkylation sites (tertiary alicyclic amines) is 2. The van der Waals surface area contributed by atoms with Gasteiger partial charge in [0.15, 0.2) is 0 Å². The van der Waals surface area contributed by atoms with Gasteiger partial charge in [0.2, 0.25) is 5.91 Å². The average molecular weight is 588 g/mol. The van der Waals surface area contributed by atoms with Gasteiger partial charge in [-0.15, -0.1) is 0 Å². The monoisotopic (exact) mass is 587 g/mol. The molecule has 1 aliphatic carbocycles. The summed E-state index contributed by atoms with van der Waals surface area (Å²) in [5, 5.41) is 0. The minimum Gasteiger partial charge on any atom is -0.497 e. The Hall–Kier alpha value is -1.52. The first kappa shape index (κ1) is 30.9. The van der Waals surface area contributed by atoms with E-state index < -0.39 is 11.0 Å². The molecule has 3 saturated heterocycles. The second-order valence-corrected chi connectivity index (χ2v) is 14.5. The Morgan fingerprint density at radius 3 is 2.12 bits per heavy atom. The van der Waals surface area contributed by atoms with Crippen molar-refractivity contribution in [1.82, 2.24) is 23.9 Å². The van der Waals surface area contributed by atoms with Gasteiger partial charge in [0.1, 0.15) is 16.7 Å². The molecule has 230 valence electrons. The Morgan fingerprint density at radius 1 is 0.902 bits per heavy atom. The number of aryl methyl sites for hydroxylation is 2. The smallest absolute Gasteiger partial charge is 0.223 e. The molecule has 1 amide bonds. The molecule has 0 spiro atoms. The fourth-order valence-electron chi connectivity index (χ4n) is 7.71. The summed E-state index contributed by atoms with van der Waals surface area (Å²) in [6, 6.07) is 5.10. The van der Waals surface area contributed by atoms with E-state index >= 15 is 0 Å². The third-order valence-corrected chi connectivity index (χ3v) is 11.9. The SMILES string of the molecule is COc1cc(C)c(S(=O)N(C)CCC(=O)N2CCC(N3CCN(C4CCC(CN5CCCC5)CC4)CC3)C2)c(C)c1. The molecule has 3 heterocycles. The Bertz CT molecular complexity index is 1020. The number of benzene rings is 1. The maximum absolute atomic E-state index is 13.3. The maximum atomic E-state index is 13.3. The zero-order valence-electron chi connectivity index (χ0n) is 26.0. The van der Waals surface area contributed by atoms with Gasteiger partial charge >= 0.3 is 0 Å². The number of rotatable bonds is 10. The Balaban J connectivity index is 1.01. The first-order valence-corrected chi connectivity index (χ1v) is 17.2. The summed E-state index contributed by atoms with van der Waals surface area (Å²) in [5.74, 6) is 1.88. The number of nitrogens with zero attached hydrogens (tertiary/aromatic N) is 5. The number of piperazine rings is 1. The molecule has 3 aliphatic heterocycles. The van der Waals surface area contributed by atoms with E-state index in [4.69, 9.17) is 4.74 Å². The molecule has 0 bridgehead atoms. The second kappa shape index (κ2) is 14.3. The summed E-state index contributed by atoms with van der Waals surface area (Å²) in [6.45, 7) is 14.7. The highest BCUT2D eigenvalue weighted by Gasteiger charge is 2.34. The number of methoxy groups -OCH3 is 1. The summed E-state index contributed by atoms with van der Waals surface area (Å²) in [7, 11) is 2.18. The number of hydrogen-bond donors (Lipinski definition) is 0. The van der Waals surface area contributed by atoms with E-state index in [9.17, 15) is 9.00 Å². The molecular formula is C32H53N5O3S. The van der Waals surface area contributed by atoms with Crippen LogP contribution in [-0.2, 0) is 15.8 Å². The maximum Gasteiger partial charge on any atom is 0.223 e. The second-order valence-electron chi connectivity index (χ2n) is 13.0. The Kier molecular flexibility index (Phi) is 10.8. The van der Waals surface area contributed by atoms with Crippen molar-refractivity contribution in [3.8, 4) is 5.75 Å². The quantitative estimate of drug-likeness (QED) is 0.418. The van der Waals surface area contributed by atoms with E-state index in [0.717, 1.165) is 66.3 Å². The van der Waals surface area contributed by atoms with Crippen molar-refractivity contribution >= 4 is 16.9 Å². The van der Waals surface area contributed by atoms with Crippen LogP contribution >= 0.6 is 0 Å². The van der Waals surface area contributed by atoms with Crippen LogP contribution < -0.4 is 4.74 Å². The van der Waals surface area contributed by atoms with E-state index in [2.05, 4.69) is 14.7 Å². The fourth-order valence-corrected chi connectivity index (χ4v) is 8.95. The van der Waals surface area contributed by atoms with Crippen molar-refractivity contribution in [3.05, 3.63) is 23.3 Å². The molecule has 0 N–H and O–H groups in total. The molecule has 2 atom stereocenters. The first-order valence-electron chi connectivity index (χ1n) is 16.1. The van der Waals surface area contributed by atoms with Crippen molar-refractivity contribution in [1.29, 1.82) is 0 Å². The van der Waals surface area contributed by atoms with E-state index in [0.29, 0.717) is 19.0 Å². The van der Waals surface area contributed by atoms with Gasteiger partial charge < -0.3 is 14.5 Å². The van der Waals surface area contributed by atoms with Gasteiger partial charge in [0.25, 0.3) is 0 Å². The van der Waals surface area contributed by atoms with Crippen LogP contribution in [0.5, 0.6) is 5.75 Å². The standard InChI is InChI=1S/C32H53N5O3S/c1-25-21-30(40-4)22-26(2)32(25)41(39)33(3)15-12-31(38)37-16-11-29(24-37)36-19-17-35(18-20-36)28-9-7-27(8-10-28)23-34-13-5-6-14-34/h21-22,27-29H,5-20,23-24H2,1-4H3. The van der Waals surface area contributed by atoms with E-state index in [1.807, 2.05) is 37.9 Å². The van der Waals surface area contributed by atoms with E-state index in [1.54, 1.807) is 11.4 Å². The van der Waals surface area contributed by atoms with E-state index in [1.165, 1.54) is 71.2 Å². The van der Waals surface area contributed by atoms with Crippen LogP contribution in [0.1, 0.15) is 62.5 Å². The van der Waals surface area contributed by atoms with Crippen LogP contribution in [-0.4, -0.2) is 126 Å². The number of carbonyl (C=O) groups excluding carboxylic acids is 1. The molecule has 4 aliphatic rings. The van der Waals surface area contributed by atoms with Gasteiger partial charge in [-0.05, 0) is 101 Å². The minimum absolute atomic E-state index is 0.184. The molecule has 5 rings (SSSR count). The molecule has 1 aromatic rings. The summed E-state index contributed by atoms with van der Waals surface area (Å²) >= 11 is 0. The van der Waals surface area contributed by atoms with Gasteiger partial charge in [-0.25, -0.2) is 8.51 Å². The molecule has 1 saturated carbocycles. The van der Waals surface area contributed by atoms with Crippen LogP contribution in [0, 0.1) is 19.8 Å². The third-order valence-electron chi connectivity index (χ3n) is 10.2. The molecule has 0 radical (unpaired) electrons.